The van der Waals surface area contributed by atoms with Crippen molar-refractivity contribution >= 4 is 23.7 Å². The van der Waals surface area contributed by atoms with Gasteiger partial charge in [0.05, 0.1) is 6.61 Å². The van der Waals surface area contributed by atoms with Crippen LogP contribution in [0.5, 0.6) is 6.01 Å². The molecule has 2 N–H and O–H groups in total. The fourth-order valence-electron chi connectivity index (χ4n) is 2.27. The third-order valence-electron chi connectivity index (χ3n) is 3.18. The Balaban J connectivity index is 2.12. The minimum absolute atomic E-state index is 0.364. The van der Waals surface area contributed by atoms with Crippen molar-refractivity contribution in [1.82, 2.24) is 15.0 Å². The maximum Gasteiger partial charge on any atom is 0.323 e. The number of anilines is 2. The summed E-state index contributed by atoms with van der Waals surface area (Å²) in [6.07, 6.45) is 5.82. The van der Waals surface area contributed by atoms with Gasteiger partial charge >= 0.3 is 6.01 Å². The summed E-state index contributed by atoms with van der Waals surface area (Å²) in [5.41, 5.74) is 0. The average molecular weight is 283 g/mol. The summed E-state index contributed by atoms with van der Waals surface area (Å²) < 4.78 is 5.36. The molecule has 1 aromatic rings. The van der Waals surface area contributed by atoms with Crippen LogP contribution in [-0.2, 0) is 0 Å². The second kappa shape index (κ2) is 6.79. The predicted molar refractivity (Wildman–Crippen MR) is 79.1 cm³/mol. The quantitative estimate of drug-likeness (QED) is 0.827. The average Bonchev–Trinajstić information content (AvgIpc) is 2.86. The molecule has 7 heteroatoms. The smallest absolute Gasteiger partial charge is 0.323 e. The van der Waals surface area contributed by atoms with Gasteiger partial charge in [0.2, 0.25) is 11.9 Å². The van der Waals surface area contributed by atoms with Crippen molar-refractivity contribution < 1.29 is 4.74 Å². The van der Waals surface area contributed by atoms with Gasteiger partial charge < -0.3 is 15.4 Å². The van der Waals surface area contributed by atoms with E-state index in [9.17, 15) is 0 Å². The molecule has 6 nitrogen and oxygen atoms in total. The second-order valence-corrected chi connectivity index (χ2v) is 5.48. The summed E-state index contributed by atoms with van der Waals surface area (Å²) >= 11 is 1.90. The molecule has 106 valence electrons. The van der Waals surface area contributed by atoms with Crippen LogP contribution in [0, 0.1) is 0 Å². The third-order valence-corrected chi connectivity index (χ3v) is 4.35. The highest BCUT2D eigenvalue weighted by Crippen LogP contribution is 2.30. The molecule has 1 saturated carbocycles. The highest BCUT2D eigenvalue weighted by atomic mass is 32.2. The largest absolute Gasteiger partial charge is 0.464 e. The Morgan fingerprint density at radius 3 is 2.74 bits per heavy atom. The summed E-state index contributed by atoms with van der Waals surface area (Å²) in [5.74, 6) is 1.12. The van der Waals surface area contributed by atoms with E-state index in [0.717, 1.165) is 6.42 Å². The number of hydrogen-bond acceptors (Lipinski definition) is 7. The summed E-state index contributed by atoms with van der Waals surface area (Å²) in [6.45, 7) is 2.46. The molecule has 0 radical (unpaired) electrons. The van der Waals surface area contributed by atoms with Crippen LogP contribution in [0.15, 0.2) is 0 Å². The Bertz CT molecular complexity index is 417. The zero-order valence-electron chi connectivity index (χ0n) is 11.6. The van der Waals surface area contributed by atoms with Crippen molar-refractivity contribution in [3.8, 4) is 6.01 Å². The number of nitrogens with zero attached hydrogens (tertiary/aromatic N) is 3. The summed E-state index contributed by atoms with van der Waals surface area (Å²) in [4.78, 5) is 12.8. The Labute approximate surface area is 118 Å². The van der Waals surface area contributed by atoms with E-state index < -0.39 is 0 Å². The van der Waals surface area contributed by atoms with E-state index >= 15 is 0 Å². The van der Waals surface area contributed by atoms with Crippen LogP contribution >= 0.6 is 11.8 Å². The first-order valence-electron chi connectivity index (χ1n) is 6.62. The van der Waals surface area contributed by atoms with Crippen LogP contribution in [0.25, 0.3) is 0 Å². The topological polar surface area (TPSA) is 72.0 Å². The van der Waals surface area contributed by atoms with Gasteiger partial charge in [-0.05, 0) is 26.0 Å². The Morgan fingerprint density at radius 1 is 1.26 bits per heavy atom. The van der Waals surface area contributed by atoms with Crippen LogP contribution in [0.2, 0.25) is 0 Å². The predicted octanol–water partition coefficient (Wildman–Crippen LogP) is 2.01. The maximum absolute atomic E-state index is 5.36. The van der Waals surface area contributed by atoms with Crippen LogP contribution in [0.3, 0.4) is 0 Å². The Hall–Kier alpha value is -1.24. The molecule has 0 bridgehead atoms. The standard InChI is InChI=1S/C12H21N5OS/c1-4-18-12-16-10(13-2)15-11(17-12)14-8-6-5-7-9(8)19-3/h8-9H,4-7H2,1-3H3,(H2,13,14,15,16,17). The molecule has 1 aromatic heterocycles. The lowest BCUT2D eigenvalue weighted by Crippen LogP contribution is -2.27. The van der Waals surface area contributed by atoms with Crippen LogP contribution in [-0.4, -0.2) is 46.2 Å². The van der Waals surface area contributed by atoms with E-state index in [-0.39, 0.29) is 0 Å². The van der Waals surface area contributed by atoms with Crippen LogP contribution in [0.4, 0.5) is 11.9 Å². The first-order valence-corrected chi connectivity index (χ1v) is 7.91. The van der Waals surface area contributed by atoms with Crippen molar-refractivity contribution in [2.45, 2.75) is 37.5 Å². The summed E-state index contributed by atoms with van der Waals surface area (Å²) in [5, 5.41) is 6.97. The number of thioether (sulfide) groups is 1. The van der Waals surface area contributed by atoms with E-state index in [1.54, 1.807) is 7.05 Å². The van der Waals surface area contributed by atoms with Gasteiger partial charge in [0.25, 0.3) is 0 Å². The van der Waals surface area contributed by atoms with Gasteiger partial charge in [-0.25, -0.2) is 0 Å². The van der Waals surface area contributed by atoms with Gasteiger partial charge in [-0.1, -0.05) is 6.42 Å². The van der Waals surface area contributed by atoms with Gasteiger partial charge in [-0.3, -0.25) is 0 Å². The molecular weight excluding hydrogens is 262 g/mol. The maximum atomic E-state index is 5.36. The summed E-state index contributed by atoms with van der Waals surface area (Å²) in [6, 6.07) is 0.791. The highest BCUT2D eigenvalue weighted by molar-refractivity contribution is 7.99. The van der Waals surface area contributed by atoms with Crippen LogP contribution < -0.4 is 15.4 Å². The molecule has 1 aliphatic rings. The molecule has 0 saturated heterocycles. The van der Waals surface area contributed by atoms with Gasteiger partial charge in [0.15, 0.2) is 0 Å². The van der Waals surface area contributed by atoms with Crippen molar-refractivity contribution in [1.29, 1.82) is 0 Å². The van der Waals surface area contributed by atoms with Crippen molar-refractivity contribution in [3.63, 3.8) is 0 Å². The summed E-state index contributed by atoms with van der Waals surface area (Å²) in [7, 11) is 1.79. The van der Waals surface area contributed by atoms with E-state index in [4.69, 9.17) is 4.74 Å². The number of ether oxygens (including phenoxy) is 1. The molecule has 0 aromatic carbocycles. The lowest BCUT2D eigenvalue weighted by molar-refractivity contribution is 0.312. The van der Waals surface area contributed by atoms with Crippen molar-refractivity contribution in [2.75, 3.05) is 30.5 Å². The number of rotatable bonds is 6. The Morgan fingerprint density at radius 2 is 2.05 bits per heavy atom. The monoisotopic (exact) mass is 283 g/mol. The van der Waals surface area contributed by atoms with Crippen molar-refractivity contribution in [2.24, 2.45) is 0 Å². The highest BCUT2D eigenvalue weighted by Gasteiger charge is 2.27. The zero-order valence-corrected chi connectivity index (χ0v) is 12.5. The van der Waals surface area contributed by atoms with Gasteiger partial charge in [0, 0.05) is 18.3 Å². The van der Waals surface area contributed by atoms with Crippen LogP contribution in [0.1, 0.15) is 26.2 Å². The molecule has 0 spiro atoms. The molecule has 2 rings (SSSR count). The first kappa shape index (κ1) is 14.2. The lowest BCUT2D eigenvalue weighted by atomic mass is 10.2. The number of aromatic nitrogens is 3. The van der Waals surface area contributed by atoms with E-state index in [1.165, 1.54) is 12.8 Å². The molecule has 2 atom stereocenters. The number of nitrogens with one attached hydrogen (secondary N) is 2. The van der Waals surface area contributed by atoms with Crippen molar-refractivity contribution in [3.05, 3.63) is 0 Å². The fourth-order valence-corrected chi connectivity index (χ4v) is 3.20. The van der Waals surface area contributed by atoms with E-state index in [0.29, 0.717) is 35.8 Å². The molecule has 1 aliphatic carbocycles. The van der Waals surface area contributed by atoms with Gasteiger partial charge in [-0.2, -0.15) is 26.7 Å². The molecule has 1 fully saturated rings. The molecule has 0 aliphatic heterocycles. The van der Waals surface area contributed by atoms with E-state index in [1.807, 2.05) is 18.7 Å². The molecule has 2 unspecified atom stereocenters. The SMILES string of the molecule is CCOc1nc(NC)nc(NC2CCCC2SC)n1. The molecule has 0 amide bonds. The van der Waals surface area contributed by atoms with Gasteiger partial charge in [0.1, 0.15) is 0 Å². The van der Waals surface area contributed by atoms with E-state index in [2.05, 4.69) is 31.8 Å². The number of hydrogen-bond donors (Lipinski definition) is 2. The Kier molecular flexibility index (Phi) is 5.07. The minimum atomic E-state index is 0.364. The second-order valence-electron chi connectivity index (χ2n) is 4.40. The zero-order chi connectivity index (χ0) is 13.7. The third kappa shape index (κ3) is 3.62. The fraction of sp³-hybridized carbons (Fsp3) is 0.750. The molecule has 19 heavy (non-hydrogen) atoms. The normalized spacial score (nSPS) is 22.3. The lowest BCUT2D eigenvalue weighted by Gasteiger charge is -2.19. The molecule has 1 heterocycles. The van der Waals surface area contributed by atoms with Gasteiger partial charge in [-0.15, -0.1) is 0 Å². The first-order chi connectivity index (χ1) is 9.26. The minimum Gasteiger partial charge on any atom is -0.464 e. The molecular formula is C12H21N5OS.